The smallest absolute Gasteiger partial charge is 0.220 e. The Balaban J connectivity index is 2.05. The number of carbonyl (C=O) groups excluding carboxylic acids is 1. The molecule has 2 aromatic carbocycles. The third-order valence-electron chi connectivity index (χ3n) is 4.36. The van der Waals surface area contributed by atoms with Gasteiger partial charge in [0, 0.05) is 13.0 Å². The lowest BCUT2D eigenvalue weighted by molar-refractivity contribution is -0.121. The number of carbonyl (C=O) groups is 1. The number of para-hydroxylation sites is 2. The third kappa shape index (κ3) is 3.18. The number of nitrogens with one attached hydrogen (secondary N) is 1. The number of imidazole rings is 1. The van der Waals surface area contributed by atoms with Gasteiger partial charge in [0.15, 0.2) is 0 Å². The zero-order chi connectivity index (χ0) is 17.1. The summed E-state index contributed by atoms with van der Waals surface area (Å²) >= 11 is 0. The Morgan fingerprint density at radius 3 is 2.62 bits per heavy atom. The highest BCUT2D eigenvalue weighted by Crippen LogP contribution is 2.23. The number of rotatable bonds is 5. The number of hydrogen-bond acceptors (Lipinski definition) is 2. The van der Waals surface area contributed by atoms with Crippen LogP contribution in [0.5, 0.6) is 0 Å². The number of amides is 1. The SMILES string of the molecule is CCC(=O)N[C@H](C)c1nc2ccccc2n1Cc1ccccc1C. The summed E-state index contributed by atoms with van der Waals surface area (Å²) in [6.07, 6.45) is 0.475. The molecule has 3 aromatic rings. The van der Waals surface area contributed by atoms with Gasteiger partial charge in [-0.05, 0) is 37.1 Å². The second kappa shape index (κ2) is 6.87. The summed E-state index contributed by atoms with van der Waals surface area (Å²) in [5.74, 6) is 0.929. The molecule has 0 unspecified atom stereocenters. The number of hydrogen-bond donors (Lipinski definition) is 1. The van der Waals surface area contributed by atoms with E-state index >= 15 is 0 Å². The molecule has 1 heterocycles. The average Bonchev–Trinajstić information content (AvgIpc) is 2.95. The minimum atomic E-state index is -0.131. The average molecular weight is 321 g/mol. The van der Waals surface area contributed by atoms with E-state index in [-0.39, 0.29) is 11.9 Å². The number of fused-ring (bicyclic) bond motifs is 1. The molecule has 0 bridgehead atoms. The van der Waals surface area contributed by atoms with Gasteiger partial charge in [-0.1, -0.05) is 43.3 Å². The van der Waals surface area contributed by atoms with Crippen molar-refractivity contribution in [3.05, 3.63) is 65.5 Å². The molecule has 3 rings (SSSR count). The normalized spacial score (nSPS) is 12.3. The fourth-order valence-corrected chi connectivity index (χ4v) is 2.96. The predicted octanol–water partition coefficient (Wildman–Crippen LogP) is 3.98. The molecule has 0 aliphatic heterocycles. The predicted molar refractivity (Wildman–Crippen MR) is 96.9 cm³/mol. The fraction of sp³-hybridized carbons (Fsp3) is 0.300. The molecule has 0 saturated carbocycles. The Hall–Kier alpha value is -2.62. The first-order valence-electron chi connectivity index (χ1n) is 8.39. The molecule has 24 heavy (non-hydrogen) atoms. The summed E-state index contributed by atoms with van der Waals surface area (Å²) in [5, 5.41) is 3.03. The van der Waals surface area contributed by atoms with Crippen LogP contribution in [0.1, 0.15) is 43.3 Å². The second-order valence-corrected chi connectivity index (χ2v) is 6.11. The van der Waals surface area contributed by atoms with Gasteiger partial charge in [-0.15, -0.1) is 0 Å². The summed E-state index contributed by atoms with van der Waals surface area (Å²) in [5.41, 5.74) is 4.56. The monoisotopic (exact) mass is 321 g/mol. The molecule has 0 radical (unpaired) electrons. The standard InChI is InChI=1S/C20H23N3O/c1-4-19(24)21-15(3)20-22-17-11-7-8-12-18(17)23(20)13-16-10-6-5-9-14(16)2/h5-12,15H,4,13H2,1-3H3,(H,21,24)/t15-/m1/s1. The van der Waals surface area contributed by atoms with E-state index < -0.39 is 0 Å². The molecular weight excluding hydrogens is 298 g/mol. The molecule has 1 N–H and O–H groups in total. The Kier molecular flexibility index (Phi) is 4.65. The van der Waals surface area contributed by atoms with Gasteiger partial charge in [0.1, 0.15) is 5.82 Å². The van der Waals surface area contributed by atoms with Crippen molar-refractivity contribution < 1.29 is 4.79 Å². The first kappa shape index (κ1) is 16.2. The summed E-state index contributed by atoms with van der Waals surface area (Å²) in [7, 11) is 0. The van der Waals surface area contributed by atoms with Crippen molar-refractivity contribution in [2.45, 2.75) is 39.8 Å². The quantitative estimate of drug-likeness (QED) is 0.772. The maximum Gasteiger partial charge on any atom is 0.220 e. The van der Waals surface area contributed by atoms with Crippen LogP contribution in [0.3, 0.4) is 0 Å². The van der Waals surface area contributed by atoms with Crippen molar-refractivity contribution in [1.82, 2.24) is 14.9 Å². The van der Waals surface area contributed by atoms with Gasteiger partial charge in [0.25, 0.3) is 0 Å². The molecule has 4 nitrogen and oxygen atoms in total. The second-order valence-electron chi connectivity index (χ2n) is 6.11. The van der Waals surface area contributed by atoms with Crippen LogP contribution in [-0.2, 0) is 11.3 Å². The minimum Gasteiger partial charge on any atom is -0.346 e. The van der Waals surface area contributed by atoms with Crippen LogP contribution in [0.4, 0.5) is 0 Å². The van der Waals surface area contributed by atoms with Gasteiger partial charge in [-0.3, -0.25) is 4.79 Å². The first-order chi connectivity index (χ1) is 11.6. The Morgan fingerprint density at radius 2 is 1.88 bits per heavy atom. The summed E-state index contributed by atoms with van der Waals surface area (Å²) in [6.45, 7) is 6.72. The molecule has 124 valence electrons. The molecule has 0 spiro atoms. The maximum absolute atomic E-state index is 11.8. The van der Waals surface area contributed by atoms with Crippen LogP contribution in [0.25, 0.3) is 11.0 Å². The van der Waals surface area contributed by atoms with Gasteiger partial charge < -0.3 is 9.88 Å². The van der Waals surface area contributed by atoms with Crippen molar-refractivity contribution in [3.8, 4) is 0 Å². The lowest BCUT2D eigenvalue weighted by Gasteiger charge is -2.17. The van der Waals surface area contributed by atoms with Crippen molar-refractivity contribution in [1.29, 1.82) is 0 Å². The van der Waals surface area contributed by atoms with E-state index in [2.05, 4.69) is 47.1 Å². The summed E-state index contributed by atoms with van der Waals surface area (Å²) in [6, 6.07) is 16.4. The number of aryl methyl sites for hydroxylation is 1. The molecule has 1 amide bonds. The van der Waals surface area contributed by atoms with Gasteiger partial charge in [0.2, 0.25) is 5.91 Å². The molecule has 0 saturated heterocycles. The van der Waals surface area contributed by atoms with Gasteiger partial charge in [0.05, 0.1) is 17.1 Å². The largest absolute Gasteiger partial charge is 0.346 e. The molecule has 0 fully saturated rings. The first-order valence-corrected chi connectivity index (χ1v) is 8.39. The molecule has 0 aliphatic rings. The van der Waals surface area contributed by atoms with E-state index in [0.717, 1.165) is 23.4 Å². The Labute approximate surface area is 142 Å². The fourth-order valence-electron chi connectivity index (χ4n) is 2.96. The number of aromatic nitrogens is 2. The molecule has 1 aromatic heterocycles. The highest BCUT2D eigenvalue weighted by molar-refractivity contribution is 5.78. The van der Waals surface area contributed by atoms with Crippen LogP contribution < -0.4 is 5.32 Å². The Bertz CT molecular complexity index is 866. The zero-order valence-corrected chi connectivity index (χ0v) is 14.4. The maximum atomic E-state index is 11.8. The lowest BCUT2D eigenvalue weighted by atomic mass is 10.1. The van der Waals surface area contributed by atoms with Gasteiger partial charge >= 0.3 is 0 Å². The Morgan fingerprint density at radius 1 is 1.17 bits per heavy atom. The zero-order valence-electron chi connectivity index (χ0n) is 14.4. The van der Waals surface area contributed by atoms with Crippen molar-refractivity contribution >= 4 is 16.9 Å². The van der Waals surface area contributed by atoms with Crippen molar-refractivity contribution in [2.24, 2.45) is 0 Å². The van der Waals surface area contributed by atoms with E-state index in [1.54, 1.807) is 0 Å². The van der Waals surface area contributed by atoms with Crippen molar-refractivity contribution in [3.63, 3.8) is 0 Å². The summed E-state index contributed by atoms with van der Waals surface area (Å²) < 4.78 is 2.21. The molecule has 4 heteroatoms. The topological polar surface area (TPSA) is 46.9 Å². The van der Waals surface area contributed by atoms with Gasteiger partial charge in [-0.2, -0.15) is 0 Å². The van der Waals surface area contributed by atoms with E-state index in [1.165, 1.54) is 11.1 Å². The van der Waals surface area contributed by atoms with Crippen LogP contribution in [0.2, 0.25) is 0 Å². The van der Waals surface area contributed by atoms with Crippen LogP contribution in [-0.4, -0.2) is 15.5 Å². The van der Waals surface area contributed by atoms with Crippen molar-refractivity contribution in [2.75, 3.05) is 0 Å². The third-order valence-corrected chi connectivity index (χ3v) is 4.36. The van der Waals surface area contributed by atoms with Gasteiger partial charge in [-0.25, -0.2) is 4.98 Å². The van der Waals surface area contributed by atoms with E-state index in [9.17, 15) is 4.79 Å². The number of nitrogens with zero attached hydrogens (tertiary/aromatic N) is 2. The van der Waals surface area contributed by atoms with Crippen LogP contribution >= 0.6 is 0 Å². The summed E-state index contributed by atoms with van der Waals surface area (Å²) in [4.78, 5) is 16.6. The highest BCUT2D eigenvalue weighted by Gasteiger charge is 2.18. The molecule has 0 aliphatic carbocycles. The van der Waals surface area contributed by atoms with E-state index in [0.29, 0.717) is 6.42 Å². The minimum absolute atomic E-state index is 0.0389. The molecule has 1 atom stereocenters. The van der Waals surface area contributed by atoms with E-state index in [4.69, 9.17) is 4.98 Å². The number of benzene rings is 2. The lowest BCUT2D eigenvalue weighted by Crippen LogP contribution is -2.28. The van der Waals surface area contributed by atoms with Crippen LogP contribution in [0, 0.1) is 6.92 Å². The highest BCUT2D eigenvalue weighted by atomic mass is 16.1. The van der Waals surface area contributed by atoms with E-state index in [1.807, 2.05) is 32.0 Å². The molecular formula is C20H23N3O. The van der Waals surface area contributed by atoms with Crippen LogP contribution in [0.15, 0.2) is 48.5 Å².